The van der Waals surface area contributed by atoms with Gasteiger partial charge in [0.1, 0.15) is 5.60 Å². The van der Waals surface area contributed by atoms with Gasteiger partial charge in [0.2, 0.25) is 0 Å². The first-order valence-corrected chi connectivity index (χ1v) is 8.21. The van der Waals surface area contributed by atoms with E-state index in [4.69, 9.17) is 9.47 Å². The summed E-state index contributed by atoms with van der Waals surface area (Å²) in [5, 5.41) is 6.86. The van der Waals surface area contributed by atoms with Gasteiger partial charge in [0.25, 0.3) is 0 Å². The molecule has 3 N–H and O–H groups in total. The van der Waals surface area contributed by atoms with E-state index in [1.807, 2.05) is 32.9 Å². The molecule has 0 bridgehead atoms. The minimum atomic E-state index is -0.566. The maximum Gasteiger partial charge on any atom is 0.412 e. The Kier molecular flexibility index (Phi) is 4.43. The molecule has 1 unspecified atom stereocenters. The summed E-state index contributed by atoms with van der Waals surface area (Å²) in [5.74, 6) is -0.654. The van der Waals surface area contributed by atoms with Gasteiger partial charge in [-0.2, -0.15) is 0 Å². The Labute approximate surface area is 146 Å². The molecule has 0 saturated carbocycles. The molecule has 0 saturated heterocycles. The van der Waals surface area contributed by atoms with E-state index in [-0.39, 0.29) is 11.9 Å². The second-order valence-electron chi connectivity index (χ2n) is 7.11. The molecule has 1 aliphatic rings. The van der Waals surface area contributed by atoms with Gasteiger partial charge >= 0.3 is 12.1 Å². The normalized spacial score (nSPS) is 17.0. The number of methoxy groups -OCH3 is 1. The van der Waals surface area contributed by atoms with E-state index in [1.54, 1.807) is 6.07 Å². The van der Waals surface area contributed by atoms with E-state index in [2.05, 4.69) is 15.6 Å². The summed E-state index contributed by atoms with van der Waals surface area (Å²) in [5.41, 5.74) is 2.85. The van der Waals surface area contributed by atoms with Gasteiger partial charge in [-0.3, -0.25) is 10.1 Å². The Morgan fingerprint density at radius 2 is 2.04 bits per heavy atom. The fourth-order valence-electron chi connectivity index (χ4n) is 3.09. The van der Waals surface area contributed by atoms with Crippen molar-refractivity contribution in [3.63, 3.8) is 0 Å². The number of amides is 1. The highest BCUT2D eigenvalue weighted by atomic mass is 16.6. The zero-order chi connectivity index (χ0) is 18.2. The minimum absolute atomic E-state index is 0.278. The monoisotopic (exact) mass is 345 g/mol. The number of aromatic nitrogens is 1. The van der Waals surface area contributed by atoms with Crippen molar-refractivity contribution in [2.45, 2.75) is 38.8 Å². The summed E-state index contributed by atoms with van der Waals surface area (Å²) in [6, 6.07) is 5.54. The van der Waals surface area contributed by atoms with Crippen molar-refractivity contribution in [1.29, 1.82) is 0 Å². The van der Waals surface area contributed by atoms with Gasteiger partial charge in [0, 0.05) is 35.4 Å². The third kappa shape index (κ3) is 3.61. The van der Waals surface area contributed by atoms with Crippen LogP contribution >= 0.6 is 0 Å². The molecule has 0 aliphatic carbocycles. The molecule has 1 aromatic heterocycles. The highest BCUT2D eigenvalue weighted by molar-refractivity contribution is 5.95. The van der Waals surface area contributed by atoms with Crippen LogP contribution in [0.4, 0.5) is 10.5 Å². The number of nitrogens with one attached hydrogen (secondary N) is 3. The summed E-state index contributed by atoms with van der Waals surface area (Å²) < 4.78 is 10.2. The van der Waals surface area contributed by atoms with Crippen molar-refractivity contribution in [3.8, 4) is 0 Å². The molecule has 0 fully saturated rings. The van der Waals surface area contributed by atoms with Gasteiger partial charge in [-0.25, -0.2) is 4.79 Å². The molecule has 7 heteroatoms. The molecule has 1 aromatic carbocycles. The van der Waals surface area contributed by atoms with Crippen LogP contribution in [0.2, 0.25) is 0 Å². The number of carbonyl (C=O) groups excluding carboxylic acids is 2. The molecular formula is C18H23N3O4. The molecule has 2 aromatic rings. The number of rotatable bonds is 2. The van der Waals surface area contributed by atoms with E-state index in [1.165, 1.54) is 7.11 Å². The highest BCUT2D eigenvalue weighted by Gasteiger charge is 2.30. The number of ether oxygens (including phenoxy) is 2. The summed E-state index contributed by atoms with van der Waals surface area (Å²) in [6.45, 7) is 6.62. The first-order chi connectivity index (χ1) is 11.8. The number of hydrogen-bond donors (Lipinski definition) is 3. The van der Waals surface area contributed by atoms with Crippen LogP contribution in [0.25, 0.3) is 10.9 Å². The second kappa shape index (κ2) is 6.40. The molecule has 1 aliphatic heterocycles. The van der Waals surface area contributed by atoms with Gasteiger partial charge < -0.3 is 19.8 Å². The number of H-pyrrole nitrogens is 1. The van der Waals surface area contributed by atoms with Crippen molar-refractivity contribution in [2.75, 3.05) is 19.0 Å². The molecular weight excluding hydrogens is 322 g/mol. The van der Waals surface area contributed by atoms with Crippen molar-refractivity contribution < 1.29 is 19.1 Å². The van der Waals surface area contributed by atoms with Gasteiger partial charge in [-0.1, -0.05) is 0 Å². The fraction of sp³-hybridized carbons (Fsp3) is 0.444. The van der Waals surface area contributed by atoms with Crippen LogP contribution in [0.5, 0.6) is 0 Å². The molecule has 2 heterocycles. The number of hydrogen-bond acceptors (Lipinski definition) is 5. The first kappa shape index (κ1) is 17.3. The lowest BCUT2D eigenvalue weighted by atomic mass is 9.93. The topological polar surface area (TPSA) is 92.5 Å². The van der Waals surface area contributed by atoms with E-state index in [0.29, 0.717) is 18.8 Å². The summed E-state index contributed by atoms with van der Waals surface area (Å²) >= 11 is 0. The average molecular weight is 345 g/mol. The summed E-state index contributed by atoms with van der Waals surface area (Å²) in [6.07, 6.45) is -0.512. The van der Waals surface area contributed by atoms with Crippen molar-refractivity contribution in [1.82, 2.24) is 10.3 Å². The Balaban J connectivity index is 1.95. The molecule has 0 spiro atoms. The van der Waals surface area contributed by atoms with Gasteiger partial charge in [-0.05, 0) is 44.5 Å². The second-order valence-corrected chi connectivity index (χ2v) is 7.11. The molecule has 7 nitrogen and oxygen atoms in total. The molecule has 3 rings (SSSR count). The largest absolute Gasteiger partial charge is 0.469 e. The van der Waals surface area contributed by atoms with E-state index < -0.39 is 11.7 Å². The number of fused-ring (bicyclic) bond motifs is 3. The molecule has 1 amide bonds. The van der Waals surface area contributed by atoms with Crippen molar-refractivity contribution >= 4 is 28.7 Å². The zero-order valence-corrected chi connectivity index (χ0v) is 14.9. The lowest BCUT2D eigenvalue weighted by Gasteiger charge is -2.22. The average Bonchev–Trinajstić information content (AvgIpc) is 2.90. The van der Waals surface area contributed by atoms with Gasteiger partial charge in [0.15, 0.2) is 0 Å². The number of esters is 1. The maximum atomic E-state index is 12.1. The van der Waals surface area contributed by atoms with Crippen LogP contribution in [-0.2, 0) is 20.8 Å². The Hall–Kier alpha value is -2.54. The fourth-order valence-corrected chi connectivity index (χ4v) is 3.09. The van der Waals surface area contributed by atoms with Gasteiger partial charge in [-0.15, -0.1) is 0 Å². The molecule has 134 valence electrons. The summed E-state index contributed by atoms with van der Waals surface area (Å²) in [4.78, 5) is 27.4. The molecule has 0 radical (unpaired) electrons. The number of carbonyl (C=O) groups is 2. The van der Waals surface area contributed by atoms with Crippen LogP contribution in [-0.4, -0.2) is 36.3 Å². The highest BCUT2D eigenvalue weighted by Crippen LogP contribution is 2.34. The summed E-state index contributed by atoms with van der Waals surface area (Å²) in [7, 11) is 1.39. The number of benzene rings is 1. The minimum Gasteiger partial charge on any atom is -0.469 e. The molecule has 25 heavy (non-hydrogen) atoms. The maximum absolute atomic E-state index is 12.1. The van der Waals surface area contributed by atoms with Crippen LogP contribution in [0, 0.1) is 0 Å². The number of anilines is 1. The van der Waals surface area contributed by atoms with Crippen molar-refractivity contribution in [2.24, 2.45) is 0 Å². The van der Waals surface area contributed by atoms with Crippen LogP contribution in [0.15, 0.2) is 18.2 Å². The van der Waals surface area contributed by atoms with E-state index in [9.17, 15) is 9.59 Å². The molecule has 1 atom stereocenters. The lowest BCUT2D eigenvalue weighted by molar-refractivity contribution is -0.142. The predicted octanol–water partition coefficient (Wildman–Crippen LogP) is 2.87. The van der Waals surface area contributed by atoms with Crippen LogP contribution in [0.3, 0.4) is 0 Å². The zero-order valence-electron chi connectivity index (χ0n) is 14.9. The van der Waals surface area contributed by atoms with Crippen LogP contribution in [0.1, 0.15) is 37.9 Å². The SMILES string of the molecule is COC(=O)C1CNCc2[nH]c3ccc(NC(=O)OC(C)(C)C)cc3c21. The quantitative estimate of drug-likeness (QED) is 0.728. The Morgan fingerprint density at radius 1 is 1.28 bits per heavy atom. The lowest BCUT2D eigenvalue weighted by Crippen LogP contribution is -2.33. The Morgan fingerprint density at radius 3 is 2.72 bits per heavy atom. The van der Waals surface area contributed by atoms with Crippen LogP contribution < -0.4 is 10.6 Å². The third-order valence-corrected chi connectivity index (χ3v) is 4.05. The van der Waals surface area contributed by atoms with Gasteiger partial charge in [0.05, 0.1) is 13.0 Å². The predicted molar refractivity (Wildman–Crippen MR) is 94.6 cm³/mol. The standard InChI is InChI=1S/C18H23N3O4/c1-18(2,3)25-17(23)20-10-5-6-13-11(7-10)15-12(16(22)24-4)8-19-9-14(15)21-13/h5-7,12,19,21H,8-9H2,1-4H3,(H,20,23). The van der Waals surface area contributed by atoms with E-state index >= 15 is 0 Å². The number of aromatic amines is 1. The Bertz CT molecular complexity index is 820. The third-order valence-electron chi connectivity index (χ3n) is 4.05. The van der Waals surface area contributed by atoms with Crippen molar-refractivity contribution in [3.05, 3.63) is 29.5 Å². The smallest absolute Gasteiger partial charge is 0.412 e. The van der Waals surface area contributed by atoms with E-state index in [0.717, 1.165) is 22.2 Å². The first-order valence-electron chi connectivity index (χ1n) is 8.21.